The van der Waals surface area contributed by atoms with Crippen molar-refractivity contribution in [2.24, 2.45) is 0 Å². The second kappa shape index (κ2) is 62.6. The van der Waals surface area contributed by atoms with Crippen LogP contribution in [0, 0.1) is 9.54 Å². The number of hydrogen-bond donors (Lipinski definition) is 6. The predicted molar refractivity (Wildman–Crippen MR) is 486 cm³/mol. The number of aliphatic hydroxyl groups excluding tert-OH is 2. The number of aliphatic hydroxyl groups is 2. The van der Waals surface area contributed by atoms with Gasteiger partial charge in [-0.15, -0.1) is 0 Å². The smallest absolute Gasteiger partial charge is 0.255 e. The molecule has 4 heterocycles. The van der Waals surface area contributed by atoms with E-state index in [1.165, 1.54) is 135 Å². The molecule has 6 unspecified atom stereocenters. The number of aryl methyl sites for hydroxylation is 2. The summed E-state index contributed by atoms with van der Waals surface area (Å²) in [6.07, 6.45) is 33.7. The fourth-order valence-corrected chi connectivity index (χ4v) is 15.0. The van der Waals surface area contributed by atoms with Crippen LogP contribution in [0.15, 0.2) is 204 Å². The van der Waals surface area contributed by atoms with Crippen molar-refractivity contribution in [2.75, 3.05) is 26.4 Å². The second-order valence-electron chi connectivity index (χ2n) is 30.6. The number of rotatable bonds is 54. The van der Waals surface area contributed by atoms with Gasteiger partial charge in [0.05, 0.1) is 65.7 Å². The number of aromatic nitrogens is 4. The Morgan fingerprint density at radius 1 is 0.387 bits per heavy atom. The predicted octanol–water partition coefficient (Wildman–Crippen LogP) is 23.0. The first-order valence-electron chi connectivity index (χ1n) is 43.7. The fourth-order valence-electron chi connectivity index (χ4n) is 14.5. The lowest BCUT2D eigenvalue weighted by Crippen LogP contribution is -2.61. The quantitative estimate of drug-likeness (QED) is 0.0119. The van der Waals surface area contributed by atoms with Crippen LogP contribution < -0.4 is 11.1 Å². The molecular weight excluding hydrogens is 1600 g/mol. The van der Waals surface area contributed by atoms with Crippen LogP contribution in [0.4, 0.5) is 0 Å². The molecular formula is C97H133Cl3N4O13S2. The van der Waals surface area contributed by atoms with Crippen molar-refractivity contribution in [3.8, 4) is 0 Å². The lowest BCUT2D eigenvalue weighted by Gasteiger charge is -2.44. The standard InChI is InChI=1S/C48H66N2O7S.C27H28O4.C21H38N2O2S.CHCl3/c1-2-3-4-5-6-7-8-9-10-11-12-22-30-40-41(49-48(58)50-46(40)52)31-23-32-54-47-43(51)45(56-35-39-28-20-15-21-29-39)44(55-34-38-26-18-14-19-27-38)42(57-47)36-53-33-37-24-16-13-17-25-37;1-4-10-22(11-5-1)18-28-21-26-27(31-20-24-14-8-3-9-15-24)25(16-17-29-26)30-19-23-12-6-2-7-13-23;1-2-3-4-5-6-7-8-9-10-11-12-13-15-18-19(16-14-17-24)22-21(26)23-20(18)25;2-1(3)4/h13-21,24-29,42-45,47,51H,2-12,22-23,30-36H2,1H3,(H2,49,50,52,58);1-17,25-27H,18-21H2;24H,2-17H2,1H3,(H2,22,23,25,26);1H/t;25-,26-,27?;;/m.1../s1. The van der Waals surface area contributed by atoms with Gasteiger partial charge in [-0.05, 0) is 115 Å². The first kappa shape index (κ1) is 99.6. The van der Waals surface area contributed by atoms with Gasteiger partial charge in [-0.2, -0.15) is 0 Å². The van der Waals surface area contributed by atoms with Crippen molar-refractivity contribution in [2.45, 2.75) is 299 Å². The summed E-state index contributed by atoms with van der Waals surface area (Å²) in [5.74, 6) is 0. The molecule has 8 atom stereocenters. The zero-order valence-electron chi connectivity index (χ0n) is 70.3. The van der Waals surface area contributed by atoms with E-state index in [1.54, 1.807) is 6.26 Å². The Bertz CT molecular complexity index is 4130. The molecule has 22 heteroatoms. The lowest BCUT2D eigenvalue weighted by atomic mass is 9.98. The molecule has 0 radical (unpaired) electrons. The lowest BCUT2D eigenvalue weighted by molar-refractivity contribution is -0.319. The van der Waals surface area contributed by atoms with Gasteiger partial charge in [0.25, 0.3) is 11.1 Å². The summed E-state index contributed by atoms with van der Waals surface area (Å²) in [5, 5.41) is 20.8. The van der Waals surface area contributed by atoms with Gasteiger partial charge in [-0.1, -0.05) is 372 Å². The minimum atomic E-state index is -1.14. The number of halogens is 3. The van der Waals surface area contributed by atoms with Crippen LogP contribution in [-0.2, 0) is 108 Å². The Balaban J connectivity index is 0.000000267. The highest BCUT2D eigenvalue weighted by atomic mass is 35.6. The third-order valence-corrected chi connectivity index (χ3v) is 21.4. The molecule has 8 aromatic rings. The van der Waals surface area contributed by atoms with Crippen molar-refractivity contribution in [1.82, 2.24) is 19.9 Å². The Morgan fingerprint density at radius 3 is 1.09 bits per heavy atom. The summed E-state index contributed by atoms with van der Waals surface area (Å²) in [7, 11) is 0. The van der Waals surface area contributed by atoms with E-state index in [0.717, 1.165) is 81.6 Å². The molecule has 10 rings (SSSR count). The number of nitrogens with one attached hydrogen (secondary N) is 4. The van der Waals surface area contributed by atoms with Gasteiger partial charge in [-0.3, -0.25) is 19.6 Å². The summed E-state index contributed by atoms with van der Waals surface area (Å²) in [4.78, 5) is 37.0. The van der Waals surface area contributed by atoms with E-state index in [2.05, 4.69) is 70.2 Å². The van der Waals surface area contributed by atoms with Gasteiger partial charge in [-0.25, -0.2) is 0 Å². The van der Waals surface area contributed by atoms with Crippen molar-refractivity contribution >= 4 is 59.2 Å². The summed E-state index contributed by atoms with van der Waals surface area (Å²) < 4.78 is 56.3. The van der Waals surface area contributed by atoms with Gasteiger partial charge < -0.3 is 62.8 Å². The average molecular weight is 1730 g/mol. The largest absolute Gasteiger partial charge is 0.493 e. The molecule has 0 spiro atoms. The maximum Gasteiger partial charge on any atom is 0.255 e. The van der Waals surface area contributed by atoms with Crippen molar-refractivity contribution in [3.63, 3.8) is 0 Å². The molecule has 0 aliphatic carbocycles. The molecule has 1 fully saturated rings. The molecule has 652 valence electrons. The summed E-state index contributed by atoms with van der Waals surface area (Å²) in [6, 6.07) is 60.2. The Labute approximate surface area is 733 Å². The highest BCUT2D eigenvalue weighted by molar-refractivity contribution is 7.71. The Morgan fingerprint density at radius 2 is 0.714 bits per heavy atom. The first-order chi connectivity index (χ1) is 58.3. The zero-order chi connectivity index (χ0) is 84.4. The van der Waals surface area contributed by atoms with E-state index >= 15 is 0 Å². The third-order valence-electron chi connectivity index (χ3n) is 21.0. The first-order valence-corrected chi connectivity index (χ1v) is 45.8. The number of H-pyrrole nitrogens is 4. The van der Waals surface area contributed by atoms with Gasteiger partial charge in [0.2, 0.25) is 0 Å². The number of unbranched alkanes of at least 4 members (excludes halogenated alkanes) is 22. The molecule has 0 amide bonds. The van der Waals surface area contributed by atoms with Gasteiger partial charge in [0, 0.05) is 29.1 Å². The molecule has 17 nitrogen and oxygen atoms in total. The van der Waals surface area contributed by atoms with Crippen LogP contribution in [0.3, 0.4) is 0 Å². The van der Waals surface area contributed by atoms with E-state index in [1.807, 2.05) is 152 Å². The van der Waals surface area contributed by atoms with E-state index in [9.17, 15) is 14.7 Å². The van der Waals surface area contributed by atoms with Crippen LogP contribution >= 0.6 is 59.2 Å². The van der Waals surface area contributed by atoms with Gasteiger partial charge in [0.1, 0.15) is 42.7 Å². The summed E-state index contributed by atoms with van der Waals surface area (Å²) in [5.41, 5.74) is 9.53. The monoisotopic (exact) mass is 1730 g/mol. The molecule has 119 heavy (non-hydrogen) atoms. The number of aromatic amines is 4. The topological polar surface area (TPSA) is 221 Å². The number of benzene rings is 6. The molecule has 0 saturated carbocycles. The summed E-state index contributed by atoms with van der Waals surface area (Å²) >= 11 is 24.8. The van der Waals surface area contributed by atoms with Crippen LogP contribution in [0.5, 0.6) is 0 Å². The second-order valence-corrected chi connectivity index (χ2v) is 33.4. The fraction of sp³-hybridized carbons (Fsp3) is 0.526. The van der Waals surface area contributed by atoms with E-state index < -0.39 is 35.0 Å². The van der Waals surface area contributed by atoms with Crippen LogP contribution in [0.25, 0.3) is 0 Å². The summed E-state index contributed by atoms with van der Waals surface area (Å²) in [6.45, 7) is 8.09. The normalized spacial score (nSPS) is 17.5. The molecule has 6 aromatic carbocycles. The minimum absolute atomic E-state index is 0.0650. The number of hydrogen-bond acceptors (Lipinski definition) is 15. The number of ether oxygens (including phenoxy) is 9. The molecule has 0 bridgehead atoms. The Kier molecular flexibility index (Phi) is 52.4. The molecule has 6 N–H and O–H groups in total. The Hall–Kier alpha value is -6.47. The average Bonchev–Trinajstić information content (AvgIpc) is 0.795. The molecule has 1 saturated heterocycles. The number of alkyl halides is 3. The van der Waals surface area contributed by atoms with E-state index in [4.69, 9.17) is 107 Å². The highest BCUT2D eigenvalue weighted by Gasteiger charge is 2.48. The van der Waals surface area contributed by atoms with Gasteiger partial charge >= 0.3 is 0 Å². The maximum atomic E-state index is 13.0. The maximum absolute atomic E-state index is 13.0. The highest BCUT2D eigenvalue weighted by Crippen LogP contribution is 2.31. The van der Waals surface area contributed by atoms with E-state index in [0.29, 0.717) is 81.3 Å². The third kappa shape index (κ3) is 42.0. The SMILES string of the molecule is C1=C[C@@H](OCc2ccccc2)C(OCc2ccccc2)[C@@H](COCc2ccccc2)O1.CCCCCCCCCCCCCCc1c(CCCO)[nH]c(=S)[nH]c1=O.CCCCCCCCCCCCCCc1c(CCCOC2OC(COCc3ccccc3)C(OCc3ccccc3)C(OCc3ccccc3)C2O)[nH]c(=S)[nH]c1=O.ClC(Cl)Cl. The van der Waals surface area contributed by atoms with Crippen LogP contribution in [-0.4, -0.2) is 110 Å². The van der Waals surface area contributed by atoms with Gasteiger partial charge in [0.15, 0.2) is 20.1 Å². The molecule has 2 aliphatic rings. The van der Waals surface area contributed by atoms with Crippen molar-refractivity contribution in [1.29, 1.82) is 0 Å². The van der Waals surface area contributed by atoms with Crippen LogP contribution in [0.2, 0.25) is 0 Å². The minimum Gasteiger partial charge on any atom is -0.493 e. The van der Waals surface area contributed by atoms with Crippen molar-refractivity contribution < 1.29 is 52.8 Å². The van der Waals surface area contributed by atoms with E-state index in [-0.39, 0.29) is 55.9 Å². The van der Waals surface area contributed by atoms with Crippen LogP contribution in [0.1, 0.15) is 237 Å². The zero-order valence-corrected chi connectivity index (χ0v) is 74.2. The molecule has 2 aliphatic heterocycles. The van der Waals surface area contributed by atoms with Crippen molar-refractivity contribution in [3.05, 3.63) is 280 Å². The molecule has 2 aromatic heterocycles.